The number of nitrogens with one attached hydrogen (secondary N) is 4. The molecule has 6 amide bonds. The summed E-state index contributed by atoms with van der Waals surface area (Å²) in [5.41, 5.74) is -4.48. The quantitative estimate of drug-likeness (QED) is 0.0295. The molecule has 10 atom stereocenters. The predicted molar refractivity (Wildman–Crippen MR) is 389 cm³/mol. The van der Waals surface area contributed by atoms with Crippen LogP contribution in [0.4, 0.5) is 9.59 Å². The maximum Gasteiger partial charge on any atom is 0.408 e. The maximum atomic E-state index is 14.7. The minimum atomic E-state index is -3.90. The molecule has 9 aliphatic rings. The van der Waals surface area contributed by atoms with Crippen LogP contribution in [-0.2, 0) is 78.9 Å². The normalized spacial score (nSPS) is 27.3. The number of methoxy groups -OCH3 is 4. The van der Waals surface area contributed by atoms with Crippen LogP contribution in [0.15, 0.2) is 103 Å². The van der Waals surface area contributed by atoms with Crippen molar-refractivity contribution in [3.63, 3.8) is 0 Å². The fraction of sp³-hybridized carbons (Fsp3) is 0.579. The summed E-state index contributed by atoms with van der Waals surface area (Å²) in [5, 5.41) is 16.2. The molecular formula is C76H100N8O18S2. The number of primary sulfonamides is 1. The number of carbonyl (C=O) groups is 7. The van der Waals surface area contributed by atoms with Gasteiger partial charge in [-0.2, -0.15) is 0 Å². The Kier molecular flexibility index (Phi) is 21.9. The Morgan fingerprint density at radius 3 is 1.47 bits per heavy atom. The number of amides is 6. The molecule has 6 N–H and O–H groups in total. The topological polar surface area (TPSA) is 345 Å². The van der Waals surface area contributed by atoms with Gasteiger partial charge in [-0.3, -0.25) is 23.9 Å². The molecule has 2 saturated heterocycles. The van der Waals surface area contributed by atoms with Gasteiger partial charge in [0.05, 0.1) is 37.8 Å². The van der Waals surface area contributed by atoms with Crippen molar-refractivity contribution in [2.45, 2.75) is 213 Å². The average molecular weight is 1480 g/mol. The lowest BCUT2D eigenvalue weighted by atomic mass is 9.85. The van der Waals surface area contributed by atoms with Crippen molar-refractivity contribution in [3.05, 3.63) is 109 Å². The molecule has 6 aliphatic carbocycles. The number of rotatable bonds is 21. The van der Waals surface area contributed by atoms with Gasteiger partial charge in [-0.15, -0.1) is 13.2 Å². The number of fused-ring (bicyclic) bond motifs is 2. The number of aliphatic imine (C=N–C) groups is 1. The van der Waals surface area contributed by atoms with Crippen molar-refractivity contribution in [1.82, 2.24) is 30.5 Å². The summed E-state index contributed by atoms with van der Waals surface area (Å²) in [4.78, 5) is 105. The molecule has 0 radical (unpaired) electrons. The van der Waals surface area contributed by atoms with E-state index in [-0.39, 0.29) is 61.1 Å². The van der Waals surface area contributed by atoms with E-state index in [0.717, 1.165) is 103 Å². The first-order valence-electron chi connectivity index (χ1n) is 35.9. The molecule has 8 fully saturated rings. The summed E-state index contributed by atoms with van der Waals surface area (Å²) in [6.07, 6.45) is 12.1. The molecule has 1 spiro atoms. The molecule has 3 heterocycles. The number of cyclic esters (lactones) is 1. The van der Waals surface area contributed by atoms with E-state index in [4.69, 9.17) is 43.3 Å². The van der Waals surface area contributed by atoms with Gasteiger partial charge in [-0.25, -0.2) is 41.4 Å². The number of carbonyl (C=O) groups excluding carboxylic acids is 7. The maximum absolute atomic E-state index is 14.7. The molecule has 2 unspecified atom stereocenters. The lowest BCUT2D eigenvalue weighted by Crippen LogP contribution is -2.60. The van der Waals surface area contributed by atoms with Crippen LogP contribution in [0.3, 0.4) is 0 Å². The lowest BCUT2D eigenvalue weighted by molar-refractivity contribution is -0.143. The molecule has 564 valence electrons. The van der Waals surface area contributed by atoms with Crippen LogP contribution in [0, 0.1) is 22.7 Å². The first-order valence-corrected chi connectivity index (χ1v) is 39.0. The van der Waals surface area contributed by atoms with Gasteiger partial charge in [0, 0.05) is 38.9 Å². The Morgan fingerprint density at radius 2 is 1.06 bits per heavy atom. The molecular weight excluding hydrogens is 1380 g/mol. The van der Waals surface area contributed by atoms with Crippen LogP contribution in [0.25, 0.3) is 21.5 Å². The van der Waals surface area contributed by atoms with Crippen molar-refractivity contribution in [2.24, 2.45) is 32.8 Å². The zero-order chi connectivity index (χ0) is 75.3. The number of nitrogens with zero attached hydrogens (tertiary/aromatic N) is 3. The molecule has 3 aliphatic heterocycles. The molecule has 4 aromatic rings. The molecule has 28 heteroatoms. The van der Waals surface area contributed by atoms with Gasteiger partial charge in [-0.05, 0) is 170 Å². The van der Waals surface area contributed by atoms with E-state index in [1.807, 2.05) is 108 Å². The summed E-state index contributed by atoms with van der Waals surface area (Å²) in [6, 6.07) is 19.5. The molecule has 6 saturated carbocycles. The van der Waals surface area contributed by atoms with Crippen LogP contribution in [-0.4, -0.2) is 174 Å². The van der Waals surface area contributed by atoms with Crippen molar-refractivity contribution < 1.29 is 83.6 Å². The summed E-state index contributed by atoms with van der Waals surface area (Å²) < 4.78 is 88.5. The van der Waals surface area contributed by atoms with Gasteiger partial charge in [0.2, 0.25) is 43.7 Å². The van der Waals surface area contributed by atoms with E-state index in [1.165, 1.54) is 18.1 Å². The van der Waals surface area contributed by atoms with E-state index in [2.05, 4.69) is 39.9 Å². The number of sulfonamides is 2. The van der Waals surface area contributed by atoms with Gasteiger partial charge in [0.1, 0.15) is 64.6 Å². The molecule has 0 bridgehead atoms. The molecule has 26 nitrogen and oxygen atoms in total. The van der Waals surface area contributed by atoms with E-state index in [1.54, 1.807) is 32.3 Å². The zero-order valence-corrected chi connectivity index (χ0v) is 62.7. The molecule has 13 rings (SSSR count). The van der Waals surface area contributed by atoms with Crippen LogP contribution in [0.2, 0.25) is 0 Å². The first-order chi connectivity index (χ1) is 49.1. The van der Waals surface area contributed by atoms with E-state index in [0.29, 0.717) is 31.4 Å². The van der Waals surface area contributed by atoms with Crippen molar-refractivity contribution in [2.75, 3.05) is 41.5 Å². The number of likely N-dealkylation sites (tertiary alicyclic amines) is 2. The van der Waals surface area contributed by atoms with Gasteiger partial charge in [0.15, 0.2) is 5.54 Å². The Hall–Kier alpha value is -8.18. The standard InChI is InChI=1S/C38H50N4O9S.C35H43N3O7.C3H7NO2S/c1-7-25-20-38(25,34(45)41-52(47,48)29-16-17-29)40-32(43)30-21-37(50-6,26-14-12-24-19-28(49-5)15-13-23(24)18-26)22-42(30)33(44)31(36(2,3)4)39-35(46)51-27-10-8-9-11-27;1-7-23-18-35(23)31(40)45-29(37-35)27-19-34(43-6,24-14-12-22-17-26(42-5)15-13-21(22)16-24)20-38(27)30(39)28(33(2,3)4)36-32(41)44-25-10-8-9-11-25;4-7(5,6)3-1-2-3/h7,12-15,18-19,25,27,29-31H,1,8-11,16-17,20-22H2,2-6H3,(H,39,46)(H,40,43)(H,41,45);7,12-17,23,25,27-28H,1,8-11,18-20H2,2-6H3,(H,36,41);3H,1-2H2,(H2,4,5,6)/t25?,30-,31+,37-,38+;23?,27-,28+,34-,35+;/m00./s1. The molecule has 104 heavy (non-hydrogen) atoms. The average Bonchev–Trinajstić information content (AvgIpc) is 1.53. The second kappa shape index (κ2) is 29.6. The summed E-state index contributed by atoms with van der Waals surface area (Å²) in [6.45, 7) is 18.9. The molecule has 0 aromatic heterocycles. The van der Waals surface area contributed by atoms with Gasteiger partial charge in [0.25, 0.3) is 5.91 Å². The molecule has 4 aromatic carbocycles. The fourth-order valence-corrected chi connectivity index (χ4v) is 17.2. The van der Waals surface area contributed by atoms with Crippen LogP contribution in [0.1, 0.15) is 155 Å². The Bertz CT molecular complexity index is 4290. The Balaban J connectivity index is 0.000000191. The minimum Gasteiger partial charge on any atom is -0.497 e. The number of benzene rings is 4. The largest absolute Gasteiger partial charge is 0.497 e. The SMILES string of the molecule is C=CC1C[C@@]12N=C([C@@H]1C[C@@](OC)(c3ccc4cc(OC)ccc4c3)CN1C(=O)[C@@H](NC(=O)OC1CCCC1)C(C)(C)C)OC2=O.C=CC1C[C@]1(NC(=O)[C@@H]1C[C@@](OC)(c2ccc3cc(OC)ccc3c2)CN1C(=O)[C@@H](NC(=O)OC1CCCC1)C(C)(C)C)C(=O)NS(=O)(=O)C1CC1.NS(=O)(=O)C1CC1. The van der Waals surface area contributed by atoms with Gasteiger partial charge < -0.3 is 58.9 Å². The monoisotopic (exact) mass is 1480 g/mol. The number of hydrogen-bond donors (Lipinski definition) is 5. The van der Waals surface area contributed by atoms with Gasteiger partial charge in [-0.1, -0.05) is 90.1 Å². The number of nitrogens with two attached hydrogens (primary N) is 1. The Labute approximate surface area is 608 Å². The van der Waals surface area contributed by atoms with E-state index in [9.17, 15) is 50.4 Å². The zero-order valence-electron chi connectivity index (χ0n) is 61.1. The third kappa shape index (κ3) is 16.3. The third-order valence-electron chi connectivity index (χ3n) is 22.0. The number of ether oxygens (including phenoxy) is 7. The highest BCUT2D eigenvalue weighted by Crippen LogP contribution is 2.54. The summed E-state index contributed by atoms with van der Waals surface area (Å²) >= 11 is 0. The third-order valence-corrected chi connectivity index (χ3v) is 25.2. The number of hydrogen-bond acceptors (Lipinski definition) is 19. The fourth-order valence-electron chi connectivity index (χ4n) is 15.1. The van der Waals surface area contributed by atoms with Crippen molar-refractivity contribution in [1.29, 1.82) is 0 Å². The highest BCUT2D eigenvalue weighted by molar-refractivity contribution is 7.91. The van der Waals surface area contributed by atoms with Crippen molar-refractivity contribution in [3.8, 4) is 11.5 Å². The second-order valence-corrected chi connectivity index (χ2v) is 35.2. The second-order valence-electron chi connectivity index (χ2n) is 31.4. The number of esters is 1. The number of alkyl carbamates (subject to hydrolysis) is 2. The van der Waals surface area contributed by atoms with Crippen LogP contribution < -0.4 is 35.3 Å². The first kappa shape index (κ1) is 76.9. The lowest BCUT2D eigenvalue weighted by Gasteiger charge is -2.36. The van der Waals surface area contributed by atoms with Crippen molar-refractivity contribution >= 4 is 89.3 Å². The van der Waals surface area contributed by atoms with Gasteiger partial charge >= 0.3 is 18.2 Å². The van der Waals surface area contributed by atoms with E-state index < -0.39 is 124 Å². The van der Waals surface area contributed by atoms with Crippen LogP contribution in [0.5, 0.6) is 11.5 Å². The Morgan fingerprint density at radius 1 is 0.606 bits per heavy atom. The van der Waals surface area contributed by atoms with Crippen LogP contribution >= 0.6 is 0 Å². The highest BCUT2D eigenvalue weighted by Gasteiger charge is 2.67. The predicted octanol–water partition coefficient (Wildman–Crippen LogP) is 8.76. The smallest absolute Gasteiger partial charge is 0.408 e. The summed E-state index contributed by atoms with van der Waals surface area (Å²) in [7, 11) is -0.654. The van der Waals surface area contributed by atoms with E-state index >= 15 is 0 Å². The summed E-state index contributed by atoms with van der Waals surface area (Å²) in [5.74, 6) is -1.72. The highest BCUT2D eigenvalue weighted by atomic mass is 32.2. The minimum absolute atomic E-state index is 0.0168.